The molecule has 0 spiro atoms. The Labute approximate surface area is 88.7 Å². The maximum atomic E-state index is 11.2. The van der Waals surface area contributed by atoms with Gasteiger partial charge < -0.3 is 9.52 Å². The lowest BCUT2D eigenvalue weighted by atomic mass is 10.2. The fourth-order valence-electron chi connectivity index (χ4n) is 1.27. The van der Waals surface area contributed by atoms with Crippen molar-refractivity contribution in [1.29, 1.82) is 0 Å². The van der Waals surface area contributed by atoms with Gasteiger partial charge in [0.15, 0.2) is 6.29 Å². The molecule has 5 heteroatoms. The third-order valence-corrected chi connectivity index (χ3v) is 2.39. The number of rotatable bonds is 1. The minimum atomic E-state index is -0.812. The van der Waals surface area contributed by atoms with Gasteiger partial charge in [0.05, 0.1) is 5.02 Å². The molecule has 0 bridgehead atoms. The number of hydrogen-bond donors (Lipinski definition) is 1. The van der Waals surface area contributed by atoms with Crippen LogP contribution in [0.3, 0.4) is 0 Å². The fraction of sp³-hybridized carbons (Fsp3) is 0. The summed E-state index contributed by atoms with van der Waals surface area (Å²) in [6, 6.07) is 4.13. The Hall–Kier alpha value is -1.81. The predicted molar refractivity (Wildman–Crippen MR) is 54.5 cm³/mol. The van der Waals surface area contributed by atoms with Gasteiger partial charge in [0.1, 0.15) is 16.9 Å². The number of halogens is 1. The predicted octanol–water partition coefficient (Wildman–Crippen LogP) is 1.96. The van der Waals surface area contributed by atoms with E-state index >= 15 is 0 Å². The highest BCUT2D eigenvalue weighted by Gasteiger charge is 2.12. The van der Waals surface area contributed by atoms with Crippen LogP contribution in [0.5, 0.6) is 5.75 Å². The normalized spacial score (nSPS) is 10.5. The highest BCUT2D eigenvalue weighted by molar-refractivity contribution is 6.37. The van der Waals surface area contributed by atoms with E-state index in [9.17, 15) is 9.59 Å². The number of phenolic OH excluding ortho intramolecular Hbond substituents is 1. The summed E-state index contributed by atoms with van der Waals surface area (Å²) in [5, 5.41) is 9.62. The summed E-state index contributed by atoms with van der Waals surface area (Å²) in [5.41, 5.74) is -0.876. The second-order valence-corrected chi connectivity index (χ2v) is 3.29. The smallest absolute Gasteiger partial charge is 0.348 e. The van der Waals surface area contributed by atoms with Crippen molar-refractivity contribution in [3.05, 3.63) is 39.2 Å². The molecule has 76 valence electrons. The third kappa shape index (κ3) is 1.49. The van der Waals surface area contributed by atoms with Crippen LogP contribution in [0.1, 0.15) is 10.4 Å². The van der Waals surface area contributed by atoms with Crippen LogP contribution >= 0.6 is 11.6 Å². The molecule has 15 heavy (non-hydrogen) atoms. The van der Waals surface area contributed by atoms with Crippen LogP contribution in [0.15, 0.2) is 27.4 Å². The summed E-state index contributed by atoms with van der Waals surface area (Å²) in [5.74, 6) is -0.0411. The molecule has 0 fully saturated rings. The molecular weight excluding hydrogens is 220 g/mol. The van der Waals surface area contributed by atoms with Crippen LogP contribution in [-0.2, 0) is 0 Å². The van der Waals surface area contributed by atoms with Gasteiger partial charge in [0.25, 0.3) is 0 Å². The van der Waals surface area contributed by atoms with Crippen molar-refractivity contribution in [3.8, 4) is 5.75 Å². The number of carbonyl (C=O) groups is 1. The molecule has 1 aromatic carbocycles. The second-order valence-electron chi connectivity index (χ2n) is 2.92. The molecule has 0 radical (unpaired) electrons. The van der Waals surface area contributed by atoms with E-state index in [0.717, 1.165) is 0 Å². The van der Waals surface area contributed by atoms with E-state index < -0.39 is 5.63 Å². The van der Waals surface area contributed by atoms with Gasteiger partial charge in [-0.05, 0) is 12.1 Å². The Morgan fingerprint density at radius 3 is 2.80 bits per heavy atom. The molecule has 2 rings (SSSR count). The maximum Gasteiger partial charge on any atom is 0.348 e. The van der Waals surface area contributed by atoms with E-state index in [2.05, 4.69) is 0 Å². The first-order valence-electron chi connectivity index (χ1n) is 4.04. The standard InChI is InChI=1S/C10H5ClO4/c11-9-6-2-1-5(13)3-8(6)15-10(14)7(9)4-12/h1-4,13H. The minimum absolute atomic E-state index is 0.0382. The van der Waals surface area contributed by atoms with Crippen molar-refractivity contribution < 1.29 is 14.3 Å². The van der Waals surface area contributed by atoms with Gasteiger partial charge in [-0.1, -0.05) is 11.6 Å². The van der Waals surface area contributed by atoms with E-state index in [1.807, 2.05) is 0 Å². The quantitative estimate of drug-likeness (QED) is 0.594. The molecule has 2 aromatic rings. The number of phenols is 1. The van der Waals surface area contributed by atoms with Crippen LogP contribution < -0.4 is 5.63 Å². The van der Waals surface area contributed by atoms with Crippen molar-refractivity contribution >= 4 is 28.9 Å². The van der Waals surface area contributed by atoms with E-state index in [1.165, 1.54) is 18.2 Å². The lowest BCUT2D eigenvalue weighted by Gasteiger charge is -2.01. The van der Waals surface area contributed by atoms with Gasteiger partial charge in [0.2, 0.25) is 0 Å². The van der Waals surface area contributed by atoms with Crippen LogP contribution in [0.4, 0.5) is 0 Å². The molecule has 0 aliphatic carbocycles. The summed E-state index contributed by atoms with van der Waals surface area (Å²) in [6.07, 6.45) is 0.348. The molecule has 1 N–H and O–H groups in total. The molecule has 0 saturated carbocycles. The Bertz CT molecular complexity index is 600. The summed E-state index contributed by atoms with van der Waals surface area (Å²) in [7, 11) is 0. The van der Waals surface area contributed by atoms with Crippen LogP contribution in [0, 0.1) is 0 Å². The number of fused-ring (bicyclic) bond motifs is 1. The molecule has 1 heterocycles. The first kappa shape index (κ1) is 9.73. The summed E-state index contributed by atoms with van der Waals surface area (Å²) in [4.78, 5) is 21.8. The van der Waals surface area contributed by atoms with Gasteiger partial charge in [-0.15, -0.1) is 0 Å². The van der Waals surface area contributed by atoms with E-state index in [1.54, 1.807) is 0 Å². The van der Waals surface area contributed by atoms with Gasteiger partial charge in [-0.2, -0.15) is 0 Å². The van der Waals surface area contributed by atoms with Crippen molar-refractivity contribution in [3.63, 3.8) is 0 Å². The molecule has 0 aliphatic heterocycles. The number of benzene rings is 1. The number of hydrogen-bond acceptors (Lipinski definition) is 4. The van der Waals surface area contributed by atoms with Crippen LogP contribution in [-0.4, -0.2) is 11.4 Å². The van der Waals surface area contributed by atoms with E-state index in [4.69, 9.17) is 21.1 Å². The monoisotopic (exact) mass is 224 g/mol. The summed E-state index contributed by atoms with van der Waals surface area (Å²) >= 11 is 5.83. The molecular formula is C10H5ClO4. The minimum Gasteiger partial charge on any atom is -0.508 e. The highest BCUT2D eigenvalue weighted by Crippen LogP contribution is 2.26. The van der Waals surface area contributed by atoms with Gasteiger partial charge >= 0.3 is 5.63 Å². The zero-order valence-corrected chi connectivity index (χ0v) is 8.12. The number of carbonyl (C=O) groups excluding carboxylic acids is 1. The molecule has 0 aliphatic rings. The maximum absolute atomic E-state index is 11.2. The Morgan fingerprint density at radius 2 is 2.13 bits per heavy atom. The lowest BCUT2D eigenvalue weighted by molar-refractivity contribution is 0.112. The molecule has 1 aromatic heterocycles. The zero-order valence-electron chi connectivity index (χ0n) is 7.36. The largest absolute Gasteiger partial charge is 0.508 e. The second kappa shape index (κ2) is 3.40. The van der Waals surface area contributed by atoms with E-state index in [0.29, 0.717) is 11.7 Å². The highest BCUT2D eigenvalue weighted by atomic mass is 35.5. The average molecular weight is 225 g/mol. The summed E-state index contributed by atoms with van der Waals surface area (Å²) in [6.45, 7) is 0. The van der Waals surface area contributed by atoms with Crippen LogP contribution in [0.2, 0.25) is 5.02 Å². The Balaban J connectivity index is 2.97. The molecule has 0 unspecified atom stereocenters. The van der Waals surface area contributed by atoms with Gasteiger partial charge in [-0.3, -0.25) is 4.79 Å². The zero-order chi connectivity index (χ0) is 11.0. The summed E-state index contributed by atoms with van der Waals surface area (Å²) < 4.78 is 4.81. The third-order valence-electron chi connectivity index (χ3n) is 1.98. The van der Waals surface area contributed by atoms with Crippen molar-refractivity contribution in [2.75, 3.05) is 0 Å². The lowest BCUT2D eigenvalue weighted by Crippen LogP contribution is -2.07. The first-order chi connectivity index (χ1) is 7.13. The number of aromatic hydroxyl groups is 1. The fourth-order valence-corrected chi connectivity index (χ4v) is 1.54. The van der Waals surface area contributed by atoms with Gasteiger partial charge in [0, 0.05) is 11.5 Å². The molecule has 0 amide bonds. The van der Waals surface area contributed by atoms with Crippen LogP contribution in [0.25, 0.3) is 11.0 Å². The van der Waals surface area contributed by atoms with Crippen molar-refractivity contribution in [2.24, 2.45) is 0 Å². The molecule has 4 nitrogen and oxygen atoms in total. The van der Waals surface area contributed by atoms with Crippen molar-refractivity contribution in [1.82, 2.24) is 0 Å². The Morgan fingerprint density at radius 1 is 1.40 bits per heavy atom. The molecule has 0 saturated heterocycles. The first-order valence-corrected chi connectivity index (χ1v) is 4.42. The number of aldehydes is 1. The van der Waals surface area contributed by atoms with Gasteiger partial charge in [-0.25, -0.2) is 4.79 Å². The topological polar surface area (TPSA) is 67.5 Å². The average Bonchev–Trinajstić information content (AvgIpc) is 2.17. The van der Waals surface area contributed by atoms with E-state index in [-0.39, 0.29) is 21.9 Å². The van der Waals surface area contributed by atoms with Crippen molar-refractivity contribution in [2.45, 2.75) is 0 Å². The Kier molecular flexibility index (Phi) is 2.21. The SMILES string of the molecule is O=Cc1c(Cl)c2ccc(O)cc2oc1=O. The molecule has 0 atom stereocenters.